The molecule has 4 rings (SSSR count). The molecule has 0 unspecified atom stereocenters. The minimum absolute atomic E-state index is 0.0495. The fourth-order valence-corrected chi connectivity index (χ4v) is 4.99. The molecular formula is C29H36FN3O5. The lowest BCUT2D eigenvalue weighted by Crippen LogP contribution is -2.35. The van der Waals surface area contributed by atoms with Crippen molar-refractivity contribution in [3.8, 4) is 5.75 Å². The fraction of sp³-hybridized carbons (Fsp3) is 0.483. The Morgan fingerprint density at radius 3 is 2.05 bits per heavy atom. The SMILES string of the molecule is CC1CCN(c2ccc(C(=O)NCCNC(=O)c3ccc(OC4CCC(C(=O)O)CC4)c(F)c3)cc2)CC1. The van der Waals surface area contributed by atoms with Crippen molar-refractivity contribution in [1.82, 2.24) is 10.6 Å². The molecule has 2 aliphatic rings. The van der Waals surface area contributed by atoms with Crippen molar-refractivity contribution in [2.45, 2.75) is 51.6 Å². The van der Waals surface area contributed by atoms with Crippen molar-refractivity contribution in [3.05, 3.63) is 59.4 Å². The maximum absolute atomic E-state index is 14.6. The number of carboxylic acids is 1. The van der Waals surface area contributed by atoms with Crippen LogP contribution in [0.4, 0.5) is 10.1 Å². The highest BCUT2D eigenvalue weighted by Crippen LogP contribution is 2.29. The maximum atomic E-state index is 14.6. The summed E-state index contributed by atoms with van der Waals surface area (Å²) in [7, 11) is 0. The molecule has 0 radical (unpaired) electrons. The van der Waals surface area contributed by atoms with Crippen molar-refractivity contribution in [2.24, 2.45) is 11.8 Å². The van der Waals surface area contributed by atoms with Gasteiger partial charge in [0.05, 0.1) is 12.0 Å². The molecule has 38 heavy (non-hydrogen) atoms. The summed E-state index contributed by atoms with van der Waals surface area (Å²) in [5.74, 6) is -1.68. The lowest BCUT2D eigenvalue weighted by Gasteiger charge is -2.32. The Morgan fingerprint density at radius 2 is 1.47 bits per heavy atom. The Labute approximate surface area is 222 Å². The van der Waals surface area contributed by atoms with E-state index in [2.05, 4.69) is 22.5 Å². The number of benzene rings is 2. The lowest BCUT2D eigenvalue weighted by molar-refractivity contribution is -0.143. The fourth-order valence-electron chi connectivity index (χ4n) is 4.99. The van der Waals surface area contributed by atoms with Gasteiger partial charge in [0.1, 0.15) is 0 Å². The van der Waals surface area contributed by atoms with Crippen molar-refractivity contribution < 1.29 is 28.6 Å². The molecule has 2 amide bonds. The number of nitrogens with zero attached hydrogens (tertiary/aromatic N) is 1. The third kappa shape index (κ3) is 7.24. The van der Waals surface area contributed by atoms with Gasteiger partial charge in [-0.3, -0.25) is 14.4 Å². The first kappa shape index (κ1) is 27.4. The Balaban J connectivity index is 1.18. The Hall–Kier alpha value is -3.62. The molecular weight excluding hydrogens is 489 g/mol. The molecule has 0 atom stereocenters. The zero-order valence-corrected chi connectivity index (χ0v) is 21.7. The van der Waals surface area contributed by atoms with Gasteiger partial charge in [-0.1, -0.05) is 6.92 Å². The average molecular weight is 526 g/mol. The molecule has 204 valence electrons. The molecule has 2 aromatic carbocycles. The molecule has 1 heterocycles. The summed E-state index contributed by atoms with van der Waals surface area (Å²) in [6.45, 7) is 4.76. The van der Waals surface area contributed by atoms with Gasteiger partial charge in [0.15, 0.2) is 11.6 Å². The Morgan fingerprint density at radius 1 is 0.895 bits per heavy atom. The minimum atomic E-state index is -0.804. The first-order valence-corrected chi connectivity index (χ1v) is 13.4. The van der Waals surface area contributed by atoms with Crippen LogP contribution in [0.1, 0.15) is 66.2 Å². The average Bonchev–Trinajstić information content (AvgIpc) is 2.92. The van der Waals surface area contributed by atoms with Crippen molar-refractivity contribution in [2.75, 3.05) is 31.1 Å². The van der Waals surface area contributed by atoms with E-state index in [1.807, 2.05) is 24.3 Å². The molecule has 0 spiro atoms. The Bertz CT molecular complexity index is 1120. The number of carbonyl (C=O) groups is 3. The highest BCUT2D eigenvalue weighted by molar-refractivity contribution is 5.95. The van der Waals surface area contributed by atoms with Crippen molar-refractivity contribution >= 4 is 23.5 Å². The second kappa shape index (κ2) is 12.8. The van der Waals surface area contributed by atoms with E-state index in [4.69, 9.17) is 9.84 Å². The van der Waals surface area contributed by atoms with Crippen LogP contribution in [-0.2, 0) is 4.79 Å². The van der Waals surface area contributed by atoms with Crippen LogP contribution in [0, 0.1) is 17.7 Å². The molecule has 0 aromatic heterocycles. The summed E-state index contributed by atoms with van der Waals surface area (Å²) in [6.07, 6.45) is 4.21. The molecule has 1 saturated heterocycles. The first-order chi connectivity index (χ1) is 18.3. The van der Waals surface area contributed by atoms with Crippen LogP contribution in [0.3, 0.4) is 0 Å². The van der Waals surface area contributed by atoms with Crippen molar-refractivity contribution in [1.29, 1.82) is 0 Å². The van der Waals surface area contributed by atoms with Gasteiger partial charge in [-0.2, -0.15) is 0 Å². The zero-order chi connectivity index (χ0) is 27.1. The summed E-state index contributed by atoms with van der Waals surface area (Å²) in [5.41, 5.74) is 1.83. The predicted molar refractivity (Wildman–Crippen MR) is 142 cm³/mol. The van der Waals surface area contributed by atoms with E-state index >= 15 is 0 Å². The lowest BCUT2D eigenvalue weighted by atomic mass is 9.87. The third-order valence-electron chi connectivity index (χ3n) is 7.49. The molecule has 1 aliphatic carbocycles. The van der Waals surface area contributed by atoms with Gasteiger partial charge >= 0.3 is 5.97 Å². The van der Waals surface area contributed by atoms with E-state index < -0.39 is 17.7 Å². The van der Waals surface area contributed by atoms with E-state index in [-0.39, 0.29) is 42.3 Å². The summed E-state index contributed by atoms with van der Waals surface area (Å²) >= 11 is 0. The zero-order valence-electron chi connectivity index (χ0n) is 21.7. The van der Waals surface area contributed by atoms with E-state index in [1.165, 1.54) is 25.0 Å². The molecule has 2 fully saturated rings. The van der Waals surface area contributed by atoms with Gasteiger partial charge in [0, 0.05) is 43.0 Å². The van der Waals surface area contributed by atoms with E-state index in [9.17, 15) is 18.8 Å². The molecule has 2 aromatic rings. The van der Waals surface area contributed by atoms with Crippen LogP contribution in [0.15, 0.2) is 42.5 Å². The first-order valence-electron chi connectivity index (χ1n) is 13.4. The van der Waals surface area contributed by atoms with Gasteiger partial charge in [-0.15, -0.1) is 0 Å². The summed E-state index contributed by atoms with van der Waals surface area (Å²) in [4.78, 5) is 38.3. The quantitative estimate of drug-likeness (QED) is 0.423. The summed E-state index contributed by atoms with van der Waals surface area (Å²) < 4.78 is 20.3. The summed E-state index contributed by atoms with van der Waals surface area (Å²) in [6, 6.07) is 11.6. The van der Waals surface area contributed by atoms with E-state index in [0.717, 1.165) is 30.8 Å². The normalized spacial score (nSPS) is 20.0. The molecule has 8 nitrogen and oxygen atoms in total. The van der Waals surface area contributed by atoms with Crippen LogP contribution in [0.5, 0.6) is 5.75 Å². The summed E-state index contributed by atoms with van der Waals surface area (Å²) in [5, 5.41) is 14.6. The largest absolute Gasteiger partial charge is 0.487 e. The van der Waals surface area contributed by atoms with Crippen LogP contribution < -0.4 is 20.3 Å². The van der Waals surface area contributed by atoms with Crippen LogP contribution in [-0.4, -0.2) is 55.2 Å². The minimum Gasteiger partial charge on any atom is -0.487 e. The Kier molecular flexibility index (Phi) is 9.20. The maximum Gasteiger partial charge on any atom is 0.306 e. The van der Waals surface area contributed by atoms with Crippen LogP contribution in [0.25, 0.3) is 0 Å². The monoisotopic (exact) mass is 525 g/mol. The third-order valence-corrected chi connectivity index (χ3v) is 7.49. The van der Waals surface area contributed by atoms with Gasteiger partial charge in [0.25, 0.3) is 11.8 Å². The van der Waals surface area contributed by atoms with Gasteiger partial charge in [-0.25, -0.2) is 4.39 Å². The van der Waals surface area contributed by atoms with Gasteiger partial charge in [-0.05, 0) is 86.9 Å². The molecule has 3 N–H and O–H groups in total. The highest BCUT2D eigenvalue weighted by Gasteiger charge is 2.27. The number of halogens is 1. The second-order valence-corrected chi connectivity index (χ2v) is 10.3. The molecule has 0 bridgehead atoms. The number of hydrogen-bond acceptors (Lipinski definition) is 5. The number of nitrogens with one attached hydrogen (secondary N) is 2. The standard InChI is InChI=1S/C29H36FN3O5/c1-19-12-16-33(17-13-19)23-7-2-20(3-8-23)27(34)31-14-15-32-28(35)22-6-11-26(25(30)18-22)38-24-9-4-21(5-10-24)29(36)37/h2-3,6-8,11,18-19,21,24H,4-5,9-10,12-17H2,1H3,(H,31,34)(H,32,35)(H,36,37). The van der Waals surface area contributed by atoms with Crippen LogP contribution in [0.2, 0.25) is 0 Å². The van der Waals surface area contributed by atoms with E-state index in [0.29, 0.717) is 31.2 Å². The number of hydrogen-bond donors (Lipinski definition) is 3. The second-order valence-electron chi connectivity index (χ2n) is 10.3. The molecule has 1 aliphatic heterocycles. The number of rotatable bonds is 9. The van der Waals surface area contributed by atoms with Gasteiger partial charge < -0.3 is 25.4 Å². The van der Waals surface area contributed by atoms with Gasteiger partial charge in [0.2, 0.25) is 0 Å². The van der Waals surface area contributed by atoms with Crippen LogP contribution >= 0.6 is 0 Å². The highest BCUT2D eigenvalue weighted by atomic mass is 19.1. The van der Waals surface area contributed by atoms with Crippen molar-refractivity contribution in [3.63, 3.8) is 0 Å². The number of aliphatic carboxylic acids is 1. The predicted octanol–water partition coefficient (Wildman–Crippen LogP) is 4.24. The number of amides is 2. The number of ether oxygens (including phenoxy) is 1. The molecule has 9 heteroatoms. The topological polar surface area (TPSA) is 108 Å². The molecule has 1 saturated carbocycles. The smallest absolute Gasteiger partial charge is 0.306 e. The number of carbonyl (C=O) groups excluding carboxylic acids is 2. The number of carboxylic acid groups (broad SMARTS) is 1. The van der Waals surface area contributed by atoms with E-state index in [1.54, 1.807) is 0 Å². The number of anilines is 1. The number of piperidine rings is 1.